The van der Waals surface area contributed by atoms with Crippen LogP contribution in [0.1, 0.15) is 29.8 Å². The third-order valence-electron chi connectivity index (χ3n) is 3.27. The van der Waals surface area contributed by atoms with Gasteiger partial charge in [0.2, 0.25) is 0 Å². The lowest BCUT2D eigenvalue weighted by molar-refractivity contribution is 0.408. The molecule has 1 aromatic carbocycles. The summed E-state index contributed by atoms with van der Waals surface area (Å²) in [6.45, 7) is 3.19. The van der Waals surface area contributed by atoms with Crippen molar-refractivity contribution in [1.82, 2.24) is 5.32 Å². The van der Waals surface area contributed by atoms with Gasteiger partial charge in [0.15, 0.2) is 0 Å². The largest absolute Gasteiger partial charge is 0.496 e. The lowest BCUT2D eigenvalue weighted by Crippen LogP contribution is -2.22. The second kappa shape index (κ2) is 7.31. The van der Waals surface area contributed by atoms with Crippen LogP contribution in [0.3, 0.4) is 0 Å². The maximum atomic E-state index is 5.38. The van der Waals surface area contributed by atoms with Crippen LogP contribution in [0.5, 0.6) is 5.75 Å². The van der Waals surface area contributed by atoms with Crippen molar-refractivity contribution in [2.24, 2.45) is 0 Å². The Labute approximate surface area is 119 Å². The van der Waals surface area contributed by atoms with Crippen LogP contribution < -0.4 is 10.1 Å². The summed E-state index contributed by atoms with van der Waals surface area (Å²) in [6.07, 6.45) is 2.11. The van der Waals surface area contributed by atoms with E-state index in [2.05, 4.69) is 41.9 Å². The molecule has 0 spiro atoms. The molecule has 1 aromatic heterocycles. The summed E-state index contributed by atoms with van der Waals surface area (Å²) in [4.78, 5) is 1.42. The van der Waals surface area contributed by atoms with Gasteiger partial charge in [-0.25, -0.2) is 0 Å². The van der Waals surface area contributed by atoms with E-state index in [-0.39, 0.29) is 0 Å². The number of para-hydroxylation sites is 1. The van der Waals surface area contributed by atoms with E-state index >= 15 is 0 Å². The van der Waals surface area contributed by atoms with E-state index in [1.807, 2.05) is 23.5 Å². The minimum absolute atomic E-state index is 0.467. The molecule has 2 rings (SSSR count). The molecule has 0 aliphatic heterocycles. The Balaban J connectivity index is 1.89. The molecule has 1 atom stereocenters. The number of thiophene rings is 1. The smallest absolute Gasteiger partial charge is 0.122 e. The summed E-state index contributed by atoms with van der Waals surface area (Å²) in [6, 6.07) is 13.0. The molecule has 0 radical (unpaired) electrons. The molecule has 0 aliphatic carbocycles. The van der Waals surface area contributed by atoms with Gasteiger partial charge in [-0.15, -0.1) is 11.3 Å². The zero-order valence-corrected chi connectivity index (χ0v) is 12.4. The lowest BCUT2D eigenvalue weighted by Gasteiger charge is -2.16. The molecule has 0 fully saturated rings. The van der Waals surface area contributed by atoms with Gasteiger partial charge < -0.3 is 10.1 Å². The Morgan fingerprint density at radius 2 is 2.05 bits per heavy atom. The second-order valence-electron chi connectivity index (χ2n) is 4.49. The molecular weight excluding hydrogens is 254 g/mol. The summed E-state index contributed by atoms with van der Waals surface area (Å²) in [5, 5.41) is 5.77. The molecule has 19 heavy (non-hydrogen) atoms. The van der Waals surface area contributed by atoms with E-state index in [4.69, 9.17) is 4.74 Å². The molecule has 2 nitrogen and oxygen atoms in total. The standard InChI is InChI=1S/C16H21NOS/c1-3-14(16-9-6-12-19-16)17-11-10-13-7-4-5-8-15(13)18-2/h4-9,12,14,17H,3,10-11H2,1-2H3. The van der Waals surface area contributed by atoms with Gasteiger partial charge in [-0.2, -0.15) is 0 Å². The molecule has 1 heterocycles. The number of ether oxygens (including phenoxy) is 1. The lowest BCUT2D eigenvalue weighted by atomic mass is 10.1. The molecule has 0 saturated carbocycles. The van der Waals surface area contributed by atoms with E-state index in [1.165, 1.54) is 10.4 Å². The van der Waals surface area contributed by atoms with Gasteiger partial charge in [0.1, 0.15) is 5.75 Å². The van der Waals surface area contributed by atoms with Crippen molar-refractivity contribution < 1.29 is 4.74 Å². The maximum absolute atomic E-state index is 5.38. The quantitative estimate of drug-likeness (QED) is 0.823. The molecular formula is C16H21NOS. The predicted octanol–water partition coefficient (Wildman–Crippen LogP) is 4.04. The molecule has 0 saturated heterocycles. The van der Waals surface area contributed by atoms with E-state index in [1.54, 1.807) is 7.11 Å². The Kier molecular flexibility index (Phi) is 5.43. The SMILES string of the molecule is CCC(NCCc1ccccc1OC)c1cccs1. The van der Waals surface area contributed by atoms with E-state index in [0.717, 1.165) is 25.1 Å². The summed E-state index contributed by atoms with van der Waals surface area (Å²) >= 11 is 1.82. The highest BCUT2D eigenvalue weighted by Crippen LogP contribution is 2.22. The van der Waals surface area contributed by atoms with Crippen LogP contribution in [0.25, 0.3) is 0 Å². The van der Waals surface area contributed by atoms with Gasteiger partial charge in [0.25, 0.3) is 0 Å². The fourth-order valence-electron chi connectivity index (χ4n) is 2.23. The average Bonchev–Trinajstić information content (AvgIpc) is 2.98. The van der Waals surface area contributed by atoms with Gasteiger partial charge in [0.05, 0.1) is 7.11 Å². The summed E-state index contributed by atoms with van der Waals surface area (Å²) in [7, 11) is 1.73. The number of hydrogen-bond donors (Lipinski definition) is 1. The number of hydrogen-bond acceptors (Lipinski definition) is 3. The van der Waals surface area contributed by atoms with Gasteiger partial charge >= 0.3 is 0 Å². The number of benzene rings is 1. The minimum atomic E-state index is 0.467. The molecule has 0 bridgehead atoms. The van der Waals surface area contributed by atoms with Crippen molar-refractivity contribution in [2.75, 3.05) is 13.7 Å². The molecule has 1 unspecified atom stereocenters. The predicted molar refractivity (Wildman–Crippen MR) is 82.1 cm³/mol. The second-order valence-corrected chi connectivity index (χ2v) is 5.47. The minimum Gasteiger partial charge on any atom is -0.496 e. The first-order valence-electron chi connectivity index (χ1n) is 6.73. The summed E-state index contributed by atoms with van der Waals surface area (Å²) in [5.41, 5.74) is 1.26. The Morgan fingerprint density at radius 1 is 1.21 bits per heavy atom. The number of nitrogens with one attached hydrogen (secondary N) is 1. The maximum Gasteiger partial charge on any atom is 0.122 e. The van der Waals surface area contributed by atoms with Crippen LogP contribution in [0, 0.1) is 0 Å². The van der Waals surface area contributed by atoms with Crippen molar-refractivity contribution in [1.29, 1.82) is 0 Å². The molecule has 0 aliphatic rings. The zero-order valence-electron chi connectivity index (χ0n) is 11.6. The van der Waals surface area contributed by atoms with Crippen molar-refractivity contribution in [3.8, 4) is 5.75 Å². The third-order valence-corrected chi connectivity index (χ3v) is 4.26. The van der Waals surface area contributed by atoms with Crippen LogP contribution >= 0.6 is 11.3 Å². The average molecular weight is 275 g/mol. The van der Waals surface area contributed by atoms with E-state index in [0.29, 0.717) is 6.04 Å². The van der Waals surface area contributed by atoms with Crippen LogP contribution in [-0.2, 0) is 6.42 Å². The Hall–Kier alpha value is -1.32. The highest BCUT2D eigenvalue weighted by atomic mass is 32.1. The third kappa shape index (κ3) is 3.82. The van der Waals surface area contributed by atoms with Gasteiger partial charge in [0, 0.05) is 10.9 Å². The van der Waals surface area contributed by atoms with Crippen LogP contribution in [0.2, 0.25) is 0 Å². The van der Waals surface area contributed by atoms with Gasteiger partial charge in [-0.1, -0.05) is 31.2 Å². The van der Waals surface area contributed by atoms with Crippen molar-refractivity contribution >= 4 is 11.3 Å². The van der Waals surface area contributed by atoms with Crippen LogP contribution in [-0.4, -0.2) is 13.7 Å². The van der Waals surface area contributed by atoms with Crippen molar-refractivity contribution in [2.45, 2.75) is 25.8 Å². The molecule has 1 N–H and O–H groups in total. The highest BCUT2D eigenvalue weighted by Gasteiger charge is 2.09. The summed E-state index contributed by atoms with van der Waals surface area (Å²) in [5.74, 6) is 0.980. The van der Waals surface area contributed by atoms with Crippen molar-refractivity contribution in [3.63, 3.8) is 0 Å². The normalized spacial score (nSPS) is 12.3. The fraction of sp³-hybridized carbons (Fsp3) is 0.375. The van der Waals surface area contributed by atoms with Gasteiger partial charge in [-0.3, -0.25) is 0 Å². The zero-order chi connectivity index (χ0) is 13.5. The first kappa shape index (κ1) is 14.1. The van der Waals surface area contributed by atoms with E-state index in [9.17, 15) is 0 Å². The van der Waals surface area contributed by atoms with Crippen molar-refractivity contribution in [3.05, 3.63) is 52.2 Å². The summed E-state index contributed by atoms with van der Waals surface area (Å²) < 4.78 is 5.38. The fourth-order valence-corrected chi connectivity index (χ4v) is 3.11. The Bertz CT molecular complexity index is 481. The molecule has 3 heteroatoms. The first-order valence-corrected chi connectivity index (χ1v) is 7.61. The first-order chi connectivity index (χ1) is 9.35. The van der Waals surface area contributed by atoms with Crippen LogP contribution in [0.15, 0.2) is 41.8 Å². The van der Waals surface area contributed by atoms with Crippen LogP contribution in [0.4, 0.5) is 0 Å². The molecule has 2 aromatic rings. The topological polar surface area (TPSA) is 21.3 Å². The Morgan fingerprint density at radius 3 is 2.74 bits per heavy atom. The highest BCUT2D eigenvalue weighted by molar-refractivity contribution is 7.10. The van der Waals surface area contributed by atoms with E-state index < -0.39 is 0 Å². The molecule has 0 amide bonds. The molecule has 102 valence electrons. The number of rotatable bonds is 7. The monoisotopic (exact) mass is 275 g/mol. The van der Waals surface area contributed by atoms with Gasteiger partial charge in [-0.05, 0) is 42.5 Å². The number of methoxy groups -OCH3 is 1.